The molecule has 3 saturated heterocycles. The van der Waals surface area contributed by atoms with Crippen LogP contribution in [-0.2, 0) is 4.74 Å². The van der Waals surface area contributed by atoms with Crippen LogP contribution < -0.4 is 5.32 Å². The van der Waals surface area contributed by atoms with E-state index in [1.54, 1.807) is 0 Å². The predicted octanol–water partition coefficient (Wildman–Crippen LogP) is 1.49. The van der Waals surface area contributed by atoms with Crippen molar-refractivity contribution in [3.05, 3.63) is 0 Å². The zero-order chi connectivity index (χ0) is 11.8. The third kappa shape index (κ3) is 2.51. The van der Waals surface area contributed by atoms with Gasteiger partial charge in [0.05, 0.1) is 0 Å². The average molecular weight is 238 g/mol. The number of piperidine rings is 1. The Morgan fingerprint density at radius 3 is 2.59 bits per heavy atom. The zero-order valence-corrected chi connectivity index (χ0v) is 11.1. The van der Waals surface area contributed by atoms with Crippen molar-refractivity contribution in [2.45, 2.75) is 32.6 Å². The van der Waals surface area contributed by atoms with E-state index in [2.05, 4.69) is 17.1 Å². The summed E-state index contributed by atoms with van der Waals surface area (Å²) < 4.78 is 5.48. The first kappa shape index (κ1) is 11.9. The van der Waals surface area contributed by atoms with Gasteiger partial charge >= 0.3 is 0 Å². The van der Waals surface area contributed by atoms with Gasteiger partial charge in [-0.25, -0.2) is 0 Å². The van der Waals surface area contributed by atoms with Gasteiger partial charge in [0, 0.05) is 44.8 Å². The van der Waals surface area contributed by atoms with Crippen LogP contribution in [0, 0.1) is 10.8 Å². The summed E-state index contributed by atoms with van der Waals surface area (Å²) in [5, 5.41) is 3.55. The molecule has 1 unspecified atom stereocenters. The highest BCUT2D eigenvalue weighted by Crippen LogP contribution is 2.41. The van der Waals surface area contributed by atoms with E-state index in [9.17, 15) is 0 Å². The van der Waals surface area contributed by atoms with Crippen LogP contribution in [0.15, 0.2) is 0 Å². The molecule has 3 nitrogen and oxygen atoms in total. The van der Waals surface area contributed by atoms with Crippen molar-refractivity contribution in [3.63, 3.8) is 0 Å². The molecule has 1 atom stereocenters. The van der Waals surface area contributed by atoms with Gasteiger partial charge in [0.15, 0.2) is 0 Å². The molecule has 0 aliphatic carbocycles. The Hall–Kier alpha value is -0.120. The first-order valence-electron chi connectivity index (χ1n) is 7.21. The molecule has 1 spiro atoms. The van der Waals surface area contributed by atoms with Crippen LogP contribution in [0.2, 0.25) is 0 Å². The van der Waals surface area contributed by atoms with Crippen LogP contribution in [-0.4, -0.2) is 50.8 Å². The Balaban J connectivity index is 1.48. The maximum absolute atomic E-state index is 5.48. The standard InChI is InChI=1S/C14H26N2O/c1-13(3-2-6-15-9-13)10-16-11-14(12-16)4-7-17-8-5-14/h15H,2-12H2,1H3. The fraction of sp³-hybridized carbons (Fsp3) is 1.00. The van der Waals surface area contributed by atoms with Crippen LogP contribution in [0.4, 0.5) is 0 Å². The van der Waals surface area contributed by atoms with E-state index in [4.69, 9.17) is 4.74 Å². The lowest BCUT2D eigenvalue weighted by Crippen LogP contribution is -2.61. The van der Waals surface area contributed by atoms with Crippen LogP contribution >= 0.6 is 0 Å². The lowest BCUT2D eigenvalue weighted by molar-refractivity contribution is -0.0933. The molecule has 3 fully saturated rings. The summed E-state index contributed by atoms with van der Waals surface area (Å²) in [5.41, 5.74) is 1.15. The summed E-state index contributed by atoms with van der Waals surface area (Å²) in [4.78, 5) is 2.68. The van der Waals surface area contributed by atoms with Gasteiger partial charge in [0.1, 0.15) is 0 Å². The quantitative estimate of drug-likeness (QED) is 0.789. The molecule has 1 N–H and O–H groups in total. The maximum atomic E-state index is 5.48. The molecule has 0 aromatic carbocycles. The molecule has 0 amide bonds. The van der Waals surface area contributed by atoms with E-state index in [0.29, 0.717) is 10.8 Å². The van der Waals surface area contributed by atoms with Gasteiger partial charge in [-0.3, -0.25) is 0 Å². The number of hydrogen-bond acceptors (Lipinski definition) is 3. The molecule has 98 valence electrons. The average Bonchev–Trinajstić information content (AvgIpc) is 2.29. The van der Waals surface area contributed by atoms with Crippen molar-refractivity contribution in [2.24, 2.45) is 10.8 Å². The largest absolute Gasteiger partial charge is 0.381 e. The Bertz CT molecular complexity index is 259. The molecule has 0 saturated carbocycles. The minimum absolute atomic E-state index is 0.519. The van der Waals surface area contributed by atoms with Crippen molar-refractivity contribution in [2.75, 3.05) is 45.9 Å². The minimum atomic E-state index is 0.519. The van der Waals surface area contributed by atoms with Crippen molar-refractivity contribution >= 4 is 0 Å². The van der Waals surface area contributed by atoms with Gasteiger partial charge in [0.2, 0.25) is 0 Å². The number of nitrogens with one attached hydrogen (secondary N) is 1. The van der Waals surface area contributed by atoms with Gasteiger partial charge in [-0.1, -0.05) is 6.92 Å². The summed E-state index contributed by atoms with van der Waals surface area (Å²) in [5.74, 6) is 0. The summed E-state index contributed by atoms with van der Waals surface area (Å²) in [6.45, 7) is 10.8. The van der Waals surface area contributed by atoms with E-state index in [1.807, 2.05) is 0 Å². The molecule has 0 radical (unpaired) electrons. The third-order valence-corrected chi connectivity index (χ3v) is 4.96. The molecule has 0 aromatic rings. The topological polar surface area (TPSA) is 24.5 Å². The number of hydrogen-bond donors (Lipinski definition) is 1. The second kappa shape index (κ2) is 4.52. The molecular formula is C14H26N2O. The number of likely N-dealkylation sites (tertiary alicyclic amines) is 1. The van der Waals surface area contributed by atoms with Crippen LogP contribution in [0.5, 0.6) is 0 Å². The van der Waals surface area contributed by atoms with E-state index >= 15 is 0 Å². The van der Waals surface area contributed by atoms with Gasteiger partial charge in [-0.2, -0.15) is 0 Å². The van der Waals surface area contributed by atoms with Gasteiger partial charge in [-0.15, -0.1) is 0 Å². The lowest BCUT2D eigenvalue weighted by Gasteiger charge is -2.55. The van der Waals surface area contributed by atoms with Crippen molar-refractivity contribution < 1.29 is 4.74 Å². The smallest absolute Gasteiger partial charge is 0.0472 e. The van der Waals surface area contributed by atoms with E-state index < -0.39 is 0 Å². The monoisotopic (exact) mass is 238 g/mol. The third-order valence-electron chi connectivity index (χ3n) is 4.96. The summed E-state index contributed by atoms with van der Waals surface area (Å²) in [6, 6.07) is 0. The second-order valence-electron chi connectivity index (χ2n) is 6.85. The zero-order valence-electron chi connectivity index (χ0n) is 11.1. The maximum Gasteiger partial charge on any atom is 0.0472 e. The highest BCUT2D eigenvalue weighted by molar-refractivity contribution is 4.98. The molecule has 3 aliphatic heterocycles. The highest BCUT2D eigenvalue weighted by atomic mass is 16.5. The fourth-order valence-electron chi connectivity index (χ4n) is 3.93. The molecular weight excluding hydrogens is 212 g/mol. The number of rotatable bonds is 2. The van der Waals surface area contributed by atoms with E-state index in [-0.39, 0.29) is 0 Å². The Labute approximate surface area is 105 Å². The lowest BCUT2D eigenvalue weighted by atomic mass is 9.71. The first-order chi connectivity index (χ1) is 8.20. The van der Waals surface area contributed by atoms with Gasteiger partial charge < -0.3 is 15.0 Å². The van der Waals surface area contributed by atoms with Crippen LogP contribution in [0.3, 0.4) is 0 Å². The van der Waals surface area contributed by atoms with E-state index in [1.165, 1.54) is 58.4 Å². The minimum Gasteiger partial charge on any atom is -0.381 e. The van der Waals surface area contributed by atoms with Crippen LogP contribution in [0.25, 0.3) is 0 Å². The predicted molar refractivity (Wildman–Crippen MR) is 69.1 cm³/mol. The number of ether oxygens (including phenoxy) is 1. The second-order valence-corrected chi connectivity index (χ2v) is 6.85. The van der Waals surface area contributed by atoms with Gasteiger partial charge in [0.25, 0.3) is 0 Å². The Morgan fingerprint density at radius 1 is 1.18 bits per heavy atom. The molecule has 0 aromatic heterocycles. The van der Waals surface area contributed by atoms with Crippen LogP contribution in [0.1, 0.15) is 32.6 Å². The number of nitrogens with zero attached hydrogens (tertiary/aromatic N) is 1. The molecule has 3 heterocycles. The molecule has 3 rings (SSSR count). The fourth-order valence-corrected chi connectivity index (χ4v) is 3.93. The van der Waals surface area contributed by atoms with Crippen molar-refractivity contribution in [3.8, 4) is 0 Å². The summed E-state index contributed by atoms with van der Waals surface area (Å²) in [6.07, 6.45) is 5.33. The highest BCUT2D eigenvalue weighted by Gasteiger charge is 2.45. The Kier molecular flexibility index (Phi) is 3.18. The van der Waals surface area contributed by atoms with Crippen molar-refractivity contribution in [1.29, 1.82) is 0 Å². The molecule has 17 heavy (non-hydrogen) atoms. The van der Waals surface area contributed by atoms with Gasteiger partial charge in [-0.05, 0) is 37.6 Å². The van der Waals surface area contributed by atoms with E-state index in [0.717, 1.165) is 13.2 Å². The first-order valence-corrected chi connectivity index (χ1v) is 7.21. The SMILES string of the molecule is CC1(CN2CC3(CCOCC3)C2)CCCNC1. The van der Waals surface area contributed by atoms with Crippen molar-refractivity contribution in [1.82, 2.24) is 10.2 Å². The normalized spacial score (nSPS) is 37.9. The Morgan fingerprint density at radius 2 is 1.94 bits per heavy atom. The molecule has 3 heteroatoms. The molecule has 0 bridgehead atoms. The summed E-state index contributed by atoms with van der Waals surface area (Å²) in [7, 11) is 0. The molecule has 3 aliphatic rings. The summed E-state index contributed by atoms with van der Waals surface area (Å²) >= 11 is 0.